The number of carbonyl (C=O) groups excluding carboxylic acids is 1. The van der Waals surface area contributed by atoms with Crippen molar-refractivity contribution < 1.29 is 9.90 Å². The van der Waals surface area contributed by atoms with Crippen molar-refractivity contribution in [3.63, 3.8) is 0 Å². The number of aryl methyl sites for hydroxylation is 2. The van der Waals surface area contributed by atoms with Gasteiger partial charge in [0.1, 0.15) is 5.69 Å². The molecular weight excluding hydrogens is 276 g/mol. The van der Waals surface area contributed by atoms with Gasteiger partial charge in [-0.2, -0.15) is 0 Å². The van der Waals surface area contributed by atoms with Gasteiger partial charge < -0.3 is 15.0 Å². The van der Waals surface area contributed by atoms with E-state index in [1.807, 2.05) is 26.0 Å². The third kappa shape index (κ3) is 3.17. The summed E-state index contributed by atoms with van der Waals surface area (Å²) in [5, 5.41) is 13.4. The predicted octanol–water partition coefficient (Wildman–Crippen LogP) is 3.25. The Labute approximate surface area is 132 Å². The Bertz CT molecular complexity index is 642. The van der Waals surface area contributed by atoms with Crippen LogP contribution in [0.25, 0.3) is 10.9 Å². The van der Waals surface area contributed by atoms with E-state index in [2.05, 4.69) is 28.9 Å². The number of amides is 1. The fourth-order valence-electron chi connectivity index (χ4n) is 2.85. The second kappa shape index (κ2) is 7.45. The van der Waals surface area contributed by atoms with Gasteiger partial charge in [-0.25, -0.2) is 0 Å². The largest absolute Gasteiger partial charge is 0.394 e. The number of nitrogens with zero attached hydrogens (tertiary/aromatic N) is 1. The molecule has 1 atom stereocenters. The van der Waals surface area contributed by atoms with Crippen molar-refractivity contribution in [2.45, 2.75) is 52.6 Å². The lowest BCUT2D eigenvalue weighted by molar-refractivity contribution is 0.0905. The number of fused-ring (bicyclic) bond motifs is 1. The van der Waals surface area contributed by atoms with Crippen LogP contribution in [0.2, 0.25) is 0 Å². The summed E-state index contributed by atoms with van der Waals surface area (Å²) in [6.45, 7) is 6.91. The molecule has 2 rings (SSSR count). The van der Waals surface area contributed by atoms with E-state index in [4.69, 9.17) is 0 Å². The number of rotatable bonds is 7. The molecule has 4 nitrogen and oxygen atoms in total. The van der Waals surface area contributed by atoms with Gasteiger partial charge in [0.2, 0.25) is 0 Å². The van der Waals surface area contributed by atoms with Crippen LogP contribution in [0.4, 0.5) is 0 Å². The predicted molar refractivity (Wildman–Crippen MR) is 90.2 cm³/mol. The smallest absolute Gasteiger partial charge is 0.268 e. The SMILES string of the molecule is CCCCn1c(C(=O)NC(CC)CO)c(C)c2ccccc21. The Hall–Kier alpha value is -1.81. The molecule has 1 heterocycles. The molecule has 1 aromatic carbocycles. The Morgan fingerprint density at radius 3 is 2.68 bits per heavy atom. The molecule has 1 unspecified atom stereocenters. The highest BCUT2D eigenvalue weighted by Gasteiger charge is 2.21. The van der Waals surface area contributed by atoms with Crippen LogP contribution in [0, 0.1) is 6.92 Å². The highest BCUT2D eigenvalue weighted by atomic mass is 16.3. The molecule has 0 saturated heterocycles. The maximum Gasteiger partial charge on any atom is 0.268 e. The van der Waals surface area contributed by atoms with Crippen LogP contribution in [0.1, 0.15) is 49.2 Å². The van der Waals surface area contributed by atoms with E-state index in [1.54, 1.807) is 0 Å². The standard InChI is InChI=1S/C18H26N2O2/c1-4-6-11-20-16-10-8-7-9-15(16)13(3)17(20)18(22)19-14(5-2)12-21/h7-10,14,21H,4-6,11-12H2,1-3H3,(H,19,22). The first-order valence-corrected chi connectivity index (χ1v) is 8.13. The molecule has 1 amide bonds. The van der Waals surface area contributed by atoms with E-state index in [9.17, 15) is 9.90 Å². The van der Waals surface area contributed by atoms with Crippen LogP contribution in [0.5, 0.6) is 0 Å². The summed E-state index contributed by atoms with van der Waals surface area (Å²) in [6, 6.07) is 7.95. The van der Waals surface area contributed by atoms with Crippen molar-refractivity contribution in [2.24, 2.45) is 0 Å². The summed E-state index contributed by atoms with van der Waals surface area (Å²) in [5.41, 5.74) is 2.84. The zero-order chi connectivity index (χ0) is 16.1. The van der Waals surface area contributed by atoms with Crippen LogP contribution < -0.4 is 5.32 Å². The van der Waals surface area contributed by atoms with Gasteiger partial charge in [-0.15, -0.1) is 0 Å². The van der Waals surface area contributed by atoms with Crippen LogP contribution in [-0.2, 0) is 6.54 Å². The quantitative estimate of drug-likeness (QED) is 0.825. The minimum atomic E-state index is -0.190. The zero-order valence-corrected chi connectivity index (χ0v) is 13.7. The second-order valence-electron chi connectivity index (χ2n) is 5.76. The van der Waals surface area contributed by atoms with Crippen LogP contribution in [0.15, 0.2) is 24.3 Å². The second-order valence-corrected chi connectivity index (χ2v) is 5.76. The van der Waals surface area contributed by atoms with Gasteiger partial charge in [-0.1, -0.05) is 38.5 Å². The number of hydrogen-bond donors (Lipinski definition) is 2. The molecule has 0 aliphatic carbocycles. The molecule has 2 aromatic rings. The Balaban J connectivity index is 2.46. The average Bonchev–Trinajstić information content (AvgIpc) is 2.83. The molecule has 120 valence electrons. The number of unbranched alkanes of at least 4 members (excludes halogenated alkanes) is 1. The fourth-order valence-corrected chi connectivity index (χ4v) is 2.85. The molecule has 22 heavy (non-hydrogen) atoms. The van der Waals surface area contributed by atoms with E-state index in [-0.39, 0.29) is 18.6 Å². The summed E-state index contributed by atoms with van der Waals surface area (Å²) >= 11 is 0. The van der Waals surface area contributed by atoms with Crippen LogP contribution in [-0.4, -0.2) is 28.2 Å². The van der Waals surface area contributed by atoms with Gasteiger partial charge in [-0.05, 0) is 31.4 Å². The summed E-state index contributed by atoms with van der Waals surface area (Å²) < 4.78 is 2.12. The molecule has 0 spiro atoms. The number of aliphatic hydroxyl groups excluding tert-OH is 1. The first-order valence-electron chi connectivity index (χ1n) is 8.13. The highest BCUT2D eigenvalue weighted by molar-refractivity contribution is 6.01. The minimum Gasteiger partial charge on any atom is -0.394 e. The molecule has 0 radical (unpaired) electrons. The van der Waals surface area contributed by atoms with Crippen molar-refractivity contribution in [1.29, 1.82) is 0 Å². The van der Waals surface area contributed by atoms with Crippen LogP contribution >= 0.6 is 0 Å². The summed E-state index contributed by atoms with van der Waals surface area (Å²) in [6.07, 6.45) is 2.84. The first kappa shape index (κ1) is 16.6. The van der Waals surface area contributed by atoms with E-state index < -0.39 is 0 Å². The van der Waals surface area contributed by atoms with Gasteiger partial charge in [0.25, 0.3) is 5.91 Å². The zero-order valence-electron chi connectivity index (χ0n) is 13.7. The number of aliphatic hydroxyl groups is 1. The fraction of sp³-hybridized carbons (Fsp3) is 0.500. The molecule has 0 aliphatic heterocycles. The average molecular weight is 302 g/mol. The number of para-hydroxylation sites is 1. The van der Waals surface area contributed by atoms with Gasteiger partial charge in [0.05, 0.1) is 12.6 Å². The molecule has 1 aromatic heterocycles. The summed E-state index contributed by atoms with van der Waals surface area (Å²) in [5.74, 6) is -0.0919. The number of nitrogens with one attached hydrogen (secondary N) is 1. The van der Waals surface area contributed by atoms with Gasteiger partial charge in [0.15, 0.2) is 0 Å². The maximum atomic E-state index is 12.7. The topological polar surface area (TPSA) is 54.3 Å². The first-order chi connectivity index (χ1) is 10.6. The lowest BCUT2D eigenvalue weighted by Gasteiger charge is -2.16. The van der Waals surface area contributed by atoms with E-state index in [0.29, 0.717) is 0 Å². The molecule has 0 fully saturated rings. The molecule has 0 aliphatic rings. The number of aromatic nitrogens is 1. The van der Waals surface area contributed by atoms with E-state index in [0.717, 1.165) is 48.0 Å². The van der Waals surface area contributed by atoms with Crippen molar-refractivity contribution in [2.75, 3.05) is 6.61 Å². The minimum absolute atomic E-state index is 0.0313. The highest BCUT2D eigenvalue weighted by Crippen LogP contribution is 2.26. The lowest BCUT2D eigenvalue weighted by Crippen LogP contribution is -2.38. The van der Waals surface area contributed by atoms with Crippen molar-refractivity contribution in [3.8, 4) is 0 Å². The van der Waals surface area contributed by atoms with Gasteiger partial charge in [-0.3, -0.25) is 4.79 Å². The normalized spacial score (nSPS) is 12.5. The van der Waals surface area contributed by atoms with Gasteiger partial charge in [0, 0.05) is 17.4 Å². The Morgan fingerprint density at radius 2 is 2.05 bits per heavy atom. The Kier molecular flexibility index (Phi) is 5.61. The van der Waals surface area contributed by atoms with Crippen molar-refractivity contribution in [1.82, 2.24) is 9.88 Å². The number of benzene rings is 1. The summed E-state index contributed by atoms with van der Waals surface area (Å²) in [4.78, 5) is 12.7. The maximum absolute atomic E-state index is 12.7. The van der Waals surface area contributed by atoms with Gasteiger partial charge >= 0.3 is 0 Å². The molecule has 2 N–H and O–H groups in total. The van der Waals surface area contributed by atoms with E-state index >= 15 is 0 Å². The van der Waals surface area contributed by atoms with Crippen LogP contribution in [0.3, 0.4) is 0 Å². The van der Waals surface area contributed by atoms with Crippen molar-refractivity contribution >= 4 is 16.8 Å². The van der Waals surface area contributed by atoms with Crippen molar-refractivity contribution in [3.05, 3.63) is 35.5 Å². The molecule has 0 bridgehead atoms. The van der Waals surface area contributed by atoms with E-state index in [1.165, 1.54) is 0 Å². The number of carbonyl (C=O) groups is 1. The molecule has 0 saturated carbocycles. The molecule has 4 heteroatoms. The molecular formula is C18H26N2O2. The third-order valence-corrected chi connectivity index (χ3v) is 4.22. The lowest BCUT2D eigenvalue weighted by atomic mass is 10.1. The Morgan fingerprint density at radius 1 is 1.32 bits per heavy atom. The summed E-state index contributed by atoms with van der Waals surface area (Å²) in [7, 11) is 0. The monoisotopic (exact) mass is 302 g/mol. The third-order valence-electron chi connectivity index (χ3n) is 4.22. The number of hydrogen-bond acceptors (Lipinski definition) is 2.